The van der Waals surface area contributed by atoms with Gasteiger partial charge in [-0.15, -0.1) is 11.8 Å². The summed E-state index contributed by atoms with van der Waals surface area (Å²) in [5.74, 6) is -0.531. The third-order valence-corrected chi connectivity index (χ3v) is 3.69. The zero-order valence-corrected chi connectivity index (χ0v) is 10.7. The van der Waals surface area contributed by atoms with Crippen LogP contribution in [-0.2, 0) is 4.79 Å². The number of nitrogens with one attached hydrogen (secondary N) is 1. The number of hydrogen-bond donors (Lipinski definition) is 2. The second-order valence-electron chi connectivity index (χ2n) is 3.94. The second-order valence-corrected chi connectivity index (χ2v) is 5.11. The molecule has 0 aromatic heterocycles. The molecule has 0 amide bonds. The van der Waals surface area contributed by atoms with Gasteiger partial charge in [-0.1, -0.05) is 6.07 Å². The summed E-state index contributed by atoms with van der Waals surface area (Å²) in [6, 6.07) is 6.29. The molecule has 0 radical (unpaired) electrons. The number of aliphatic carboxylic acids is 1. The SMILES string of the molecule is CNC(C)(CCSc1cccc(F)c1)C(=O)O. The van der Waals surface area contributed by atoms with Gasteiger partial charge in [0.2, 0.25) is 0 Å². The first-order chi connectivity index (χ1) is 7.98. The molecule has 94 valence electrons. The van der Waals surface area contributed by atoms with E-state index in [1.165, 1.54) is 23.9 Å². The third kappa shape index (κ3) is 4.02. The minimum atomic E-state index is -0.930. The van der Waals surface area contributed by atoms with E-state index in [0.29, 0.717) is 12.2 Å². The predicted molar refractivity (Wildman–Crippen MR) is 66.8 cm³/mol. The van der Waals surface area contributed by atoms with E-state index >= 15 is 0 Å². The monoisotopic (exact) mass is 257 g/mol. The molecule has 2 N–H and O–H groups in total. The summed E-state index contributed by atoms with van der Waals surface area (Å²) >= 11 is 1.45. The molecule has 0 bridgehead atoms. The van der Waals surface area contributed by atoms with Crippen molar-refractivity contribution in [1.82, 2.24) is 5.32 Å². The first-order valence-corrected chi connectivity index (χ1v) is 6.27. The van der Waals surface area contributed by atoms with Gasteiger partial charge in [0, 0.05) is 10.6 Å². The molecule has 0 saturated heterocycles. The summed E-state index contributed by atoms with van der Waals surface area (Å²) in [6.07, 6.45) is 0.472. The number of likely N-dealkylation sites (N-methyl/N-ethyl adjacent to an activating group) is 1. The van der Waals surface area contributed by atoms with Gasteiger partial charge in [-0.2, -0.15) is 0 Å². The Morgan fingerprint density at radius 3 is 2.82 bits per heavy atom. The maximum Gasteiger partial charge on any atom is 0.323 e. The van der Waals surface area contributed by atoms with Gasteiger partial charge in [0.1, 0.15) is 11.4 Å². The number of benzene rings is 1. The Hall–Kier alpha value is -1.07. The number of carboxylic acids is 1. The zero-order chi connectivity index (χ0) is 12.9. The molecule has 0 spiro atoms. The Kier molecular flexibility index (Phi) is 4.96. The molecule has 0 heterocycles. The maximum absolute atomic E-state index is 12.9. The van der Waals surface area contributed by atoms with Crippen molar-refractivity contribution in [2.24, 2.45) is 0 Å². The lowest BCUT2D eigenvalue weighted by atomic mass is 10.00. The number of carbonyl (C=O) groups is 1. The van der Waals surface area contributed by atoms with Gasteiger partial charge in [0.25, 0.3) is 0 Å². The van der Waals surface area contributed by atoms with Crippen molar-refractivity contribution in [1.29, 1.82) is 0 Å². The van der Waals surface area contributed by atoms with Gasteiger partial charge in [0.05, 0.1) is 0 Å². The molecule has 0 aliphatic rings. The van der Waals surface area contributed by atoms with Gasteiger partial charge in [-0.05, 0) is 38.6 Å². The van der Waals surface area contributed by atoms with Crippen molar-refractivity contribution in [2.45, 2.75) is 23.8 Å². The van der Waals surface area contributed by atoms with Gasteiger partial charge in [-0.3, -0.25) is 4.79 Å². The van der Waals surface area contributed by atoms with Crippen molar-refractivity contribution in [3.8, 4) is 0 Å². The summed E-state index contributed by atoms with van der Waals surface area (Å²) in [4.78, 5) is 11.8. The number of rotatable bonds is 6. The number of thioether (sulfide) groups is 1. The number of carboxylic acid groups (broad SMARTS) is 1. The minimum Gasteiger partial charge on any atom is -0.480 e. The zero-order valence-electron chi connectivity index (χ0n) is 9.87. The lowest BCUT2D eigenvalue weighted by molar-refractivity contribution is -0.144. The maximum atomic E-state index is 12.9. The first-order valence-electron chi connectivity index (χ1n) is 5.28. The molecule has 0 aliphatic carbocycles. The normalized spacial score (nSPS) is 14.3. The highest BCUT2D eigenvalue weighted by Gasteiger charge is 2.30. The van der Waals surface area contributed by atoms with Crippen LogP contribution in [0.3, 0.4) is 0 Å². The summed E-state index contributed by atoms with van der Waals surface area (Å²) in [7, 11) is 1.63. The van der Waals surface area contributed by atoms with E-state index in [1.807, 2.05) is 6.07 Å². The van der Waals surface area contributed by atoms with Crippen LogP contribution < -0.4 is 5.32 Å². The molecule has 5 heteroatoms. The molecule has 3 nitrogen and oxygen atoms in total. The number of hydrogen-bond acceptors (Lipinski definition) is 3. The van der Waals surface area contributed by atoms with E-state index < -0.39 is 11.5 Å². The van der Waals surface area contributed by atoms with Crippen LogP contribution in [-0.4, -0.2) is 29.4 Å². The standard InChI is InChI=1S/C12H16FNO2S/c1-12(14-2,11(15)16)6-7-17-10-5-3-4-9(13)8-10/h3-5,8,14H,6-7H2,1-2H3,(H,15,16). The van der Waals surface area contributed by atoms with E-state index in [1.54, 1.807) is 20.0 Å². The lowest BCUT2D eigenvalue weighted by Crippen LogP contribution is -2.47. The molecule has 1 rings (SSSR count). The lowest BCUT2D eigenvalue weighted by Gasteiger charge is -2.23. The van der Waals surface area contributed by atoms with Gasteiger partial charge in [0.15, 0.2) is 0 Å². The largest absolute Gasteiger partial charge is 0.480 e. The van der Waals surface area contributed by atoms with Crippen LogP contribution in [0.2, 0.25) is 0 Å². The average Bonchev–Trinajstić information content (AvgIpc) is 2.28. The van der Waals surface area contributed by atoms with E-state index in [9.17, 15) is 9.18 Å². The van der Waals surface area contributed by atoms with Crippen LogP contribution in [0.1, 0.15) is 13.3 Å². The molecular weight excluding hydrogens is 241 g/mol. The average molecular weight is 257 g/mol. The smallest absolute Gasteiger partial charge is 0.323 e. The molecule has 0 aliphatic heterocycles. The van der Waals surface area contributed by atoms with Crippen LogP contribution in [0.5, 0.6) is 0 Å². The highest BCUT2D eigenvalue weighted by atomic mass is 32.2. The fourth-order valence-electron chi connectivity index (χ4n) is 1.27. The van der Waals surface area contributed by atoms with Crippen LogP contribution in [0.4, 0.5) is 4.39 Å². The molecule has 1 atom stereocenters. The first kappa shape index (κ1) is 14.0. The molecule has 0 saturated carbocycles. The van der Waals surface area contributed by atoms with Crippen molar-refractivity contribution in [3.63, 3.8) is 0 Å². The summed E-state index contributed by atoms with van der Waals surface area (Å²) in [5, 5.41) is 11.8. The minimum absolute atomic E-state index is 0.274. The molecule has 0 fully saturated rings. The topological polar surface area (TPSA) is 49.3 Å². The molecular formula is C12H16FNO2S. The van der Waals surface area contributed by atoms with Gasteiger partial charge < -0.3 is 10.4 Å². The van der Waals surface area contributed by atoms with E-state index in [-0.39, 0.29) is 5.82 Å². The van der Waals surface area contributed by atoms with Crippen molar-refractivity contribution >= 4 is 17.7 Å². The summed E-state index contributed by atoms with van der Waals surface area (Å²) in [6.45, 7) is 1.64. The van der Waals surface area contributed by atoms with Gasteiger partial charge >= 0.3 is 5.97 Å². The molecule has 1 unspecified atom stereocenters. The quantitative estimate of drug-likeness (QED) is 0.768. The molecule has 1 aromatic rings. The fraction of sp³-hybridized carbons (Fsp3) is 0.417. The van der Waals surface area contributed by atoms with Crippen LogP contribution in [0.25, 0.3) is 0 Å². The third-order valence-electron chi connectivity index (χ3n) is 2.69. The van der Waals surface area contributed by atoms with Crippen LogP contribution in [0.15, 0.2) is 29.2 Å². The fourth-order valence-corrected chi connectivity index (χ4v) is 2.39. The Morgan fingerprint density at radius 2 is 2.29 bits per heavy atom. The van der Waals surface area contributed by atoms with Gasteiger partial charge in [-0.25, -0.2) is 4.39 Å². The Labute approximate surface area is 104 Å². The molecule has 1 aromatic carbocycles. The van der Waals surface area contributed by atoms with E-state index in [2.05, 4.69) is 5.32 Å². The predicted octanol–water partition coefficient (Wildman–Crippen LogP) is 2.37. The van der Waals surface area contributed by atoms with Crippen LogP contribution in [0, 0.1) is 5.82 Å². The van der Waals surface area contributed by atoms with Crippen molar-refractivity contribution in [3.05, 3.63) is 30.1 Å². The van der Waals surface area contributed by atoms with E-state index in [4.69, 9.17) is 5.11 Å². The summed E-state index contributed by atoms with van der Waals surface area (Å²) in [5.41, 5.74) is -0.930. The summed E-state index contributed by atoms with van der Waals surface area (Å²) < 4.78 is 12.9. The van der Waals surface area contributed by atoms with E-state index in [0.717, 1.165) is 4.90 Å². The Bertz CT molecular complexity index is 400. The highest BCUT2D eigenvalue weighted by molar-refractivity contribution is 7.99. The highest BCUT2D eigenvalue weighted by Crippen LogP contribution is 2.22. The van der Waals surface area contributed by atoms with Crippen LogP contribution >= 0.6 is 11.8 Å². The van der Waals surface area contributed by atoms with Crippen molar-refractivity contribution < 1.29 is 14.3 Å². The Morgan fingerprint density at radius 1 is 1.59 bits per heavy atom. The Balaban J connectivity index is 2.50. The second kappa shape index (κ2) is 6.02. The molecule has 17 heavy (non-hydrogen) atoms. The number of halogens is 1. The van der Waals surface area contributed by atoms with Crippen molar-refractivity contribution in [2.75, 3.05) is 12.8 Å².